The van der Waals surface area contributed by atoms with Crippen molar-refractivity contribution in [2.45, 2.75) is 38.0 Å². The molecule has 2 atom stereocenters. The number of phenols is 1. The van der Waals surface area contributed by atoms with E-state index in [1.807, 2.05) is 29.0 Å². The molecule has 0 unspecified atom stereocenters. The zero-order valence-electron chi connectivity index (χ0n) is 16.7. The molecule has 1 fully saturated rings. The van der Waals surface area contributed by atoms with Gasteiger partial charge in [0.15, 0.2) is 5.65 Å². The van der Waals surface area contributed by atoms with Crippen LogP contribution in [0.1, 0.15) is 26.3 Å². The average Bonchev–Trinajstić information content (AvgIpc) is 3.39. The molecule has 1 aromatic carbocycles. The van der Waals surface area contributed by atoms with E-state index in [4.69, 9.17) is 0 Å². The third-order valence-electron chi connectivity index (χ3n) is 5.68. The summed E-state index contributed by atoms with van der Waals surface area (Å²) in [5.74, 6) is 0.0695. The van der Waals surface area contributed by atoms with E-state index in [-0.39, 0.29) is 17.3 Å². The fourth-order valence-electron chi connectivity index (χ4n) is 4.08. The van der Waals surface area contributed by atoms with Gasteiger partial charge in [0.1, 0.15) is 11.9 Å². The lowest BCUT2D eigenvalue weighted by molar-refractivity contribution is 0.125. The molecule has 0 radical (unpaired) electrons. The van der Waals surface area contributed by atoms with Gasteiger partial charge in [-0.25, -0.2) is 9.07 Å². The van der Waals surface area contributed by atoms with E-state index in [0.29, 0.717) is 35.6 Å². The van der Waals surface area contributed by atoms with Crippen LogP contribution in [0.5, 0.6) is 5.75 Å². The molecule has 1 aliphatic heterocycles. The Kier molecular flexibility index (Phi) is 4.28. The summed E-state index contributed by atoms with van der Waals surface area (Å²) in [5, 5.41) is 31.0. The smallest absolute Gasteiger partial charge is 0.162 e. The second-order valence-corrected chi connectivity index (χ2v) is 8.33. The van der Waals surface area contributed by atoms with Gasteiger partial charge in [-0.3, -0.25) is 0 Å². The topological polar surface area (TPSA) is 93.7 Å². The average molecular weight is 407 g/mol. The highest BCUT2D eigenvalue weighted by molar-refractivity contribution is 5.81. The maximum atomic E-state index is 14.7. The van der Waals surface area contributed by atoms with Gasteiger partial charge in [-0.05, 0) is 44.5 Å². The van der Waals surface area contributed by atoms with E-state index >= 15 is 0 Å². The van der Waals surface area contributed by atoms with E-state index in [0.717, 1.165) is 5.39 Å². The van der Waals surface area contributed by atoms with Gasteiger partial charge < -0.3 is 15.0 Å². The monoisotopic (exact) mass is 407 g/mol. The Bertz CT molecular complexity index is 1200. The Morgan fingerprint density at radius 3 is 2.80 bits per heavy atom. The van der Waals surface area contributed by atoms with E-state index in [9.17, 15) is 9.50 Å². The van der Waals surface area contributed by atoms with Crippen LogP contribution < -0.4 is 5.32 Å². The van der Waals surface area contributed by atoms with E-state index < -0.39 is 6.17 Å². The molecule has 154 valence electrons. The van der Waals surface area contributed by atoms with Crippen molar-refractivity contribution in [3.05, 3.63) is 48.9 Å². The number of halogens is 1. The first kappa shape index (κ1) is 18.7. The van der Waals surface area contributed by atoms with Gasteiger partial charge in [0.2, 0.25) is 0 Å². The molecule has 5 rings (SSSR count). The summed E-state index contributed by atoms with van der Waals surface area (Å²) < 4.78 is 18.1. The van der Waals surface area contributed by atoms with Crippen molar-refractivity contribution in [2.24, 2.45) is 0 Å². The first-order valence-corrected chi connectivity index (χ1v) is 9.85. The normalized spacial score (nSPS) is 21.2. The van der Waals surface area contributed by atoms with E-state index in [2.05, 4.69) is 39.7 Å². The molecular weight excluding hydrogens is 385 g/mol. The minimum atomic E-state index is -0.997. The number of alkyl halides is 1. The van der Waals surface area contributed by atoms with Crippen molar-refractivity contribution in [1.82, 2.24) is 35.1 Å². The Hall–Kier alpha value is -3.33. The van der Waals surface area contributed by atoms with Crippen LogP contribution >= 0.6 is 0 Å². The minimum absolute atomic E-state index is 0.0695. The van der Waals surface area contributed by atoms with Gasteiger partial charge in [-0.1, -0.05) is 5.21 Å². The van der Waals surface area contributed by atoms with Crippen LogP contribution in [-0.2, 0) is 0 Å². The van der Waals surface area contributed by atoms with Gasteiger partial charge >= 0.3 is 0 Å². The number of aromatic hydroxyl groups is 1. The molecule has 0 spiro atoms. The predicted octanol–water partition coefficient (Wildman–Crippen LogP) is 3.04. The third-order valence-corrected chi connectivity index (χ3v) is 5.68. The number of fused-ring (bicyclic) bond motifs is 1. The predicted molar refractivity (Wildman–Crippen MR) is 110 cm³/mol. The highest BCUT2D eigenvalue weighted by atomic mass is 19.1. The zero-order valence-corrected chi connectivity index (χ0v) is 16.7. The molecule has 1 saturated heterocycles. The number of benzene rings is 1. The third kappa shape index (κ3) is 3.21. The van der Waals surface area contributed by atoms with Crippen LogP contribution in [0.15, 0.2) is 48.9 Å². The minimum Gasteiger partial charge on any atom is -0.507 e. The number of rotatable bonds is 3. The van der Waals surface area contributed by atoms with Gasteiger partial charge in [0.25, 0.3) is 0 Å². The molecule has 8 nitrogen and oxygen atoms in total. The molecule has 0 aliphatic carbocycles. The van der Waals surface area contributed by atoms with E-state index in [1.165, 1.54) is 0 Å². The van der Waals surface area contributed by atoms with Crippen molar-refractivity contribution in [2.75, 3.05) is 6.54 Å². The van der Waals surface area contributed by atoms with E-state index in [1.54, 1.807) is 29.2 Å². The van der Waals surface area contributed by atoms with Crippen molar-refractivity contribution in [1.29, 1.82) is 0 Å². The first-order chi connectivity index (χ1) is 14.4. The van der Waals surface area contributed by atoms with Crippen LogP contribution in [-0.4, -0.2) is 53.1 Å². The highest BCUT2D eigenvalue weighted by Crippen LogP contribution is 2.34. The fraction of sp³-hybridized carbons (Fsp3) is 0.333. The number of nitrogens with zero attached hydrogens (tertiary/aromatic N) is 6. The van der Waals surface area contributed by atoms with Crippen LogP contribution in [0, 0.1) is 0 Å². The number of hydrogen-bond donors (Lipinski definition) is 2. The number of piperidine rings is 1. The summed E-state index contributed by atoms with van der Waals surface area (Å²) in [4.78, 5) is 0. The Balaban J connectivity index is 1.50. The Morgan fingerprint density at radius 2 is 2.03 bits per heavy atom. The second kappa shape index (κ2) is 6.88. The molecule has 0 saturated carbocycles. The molecule has 30 heavy (non-hydrogen) atoms. The molecule has 9 heteroatoms. The number of nitrogens with one attached hydrogen (secondary N) is 1. The number of aromatic nitrogens is 6. The van der Waals surface area contributed by atoms with Crippen molar-refractivity contribution in [3.8, 4) is 22.7 Å². The highest BCUT2D eigenvalue weighted by Gasteiger charge is 2.36. The van der Waals surface area contributed by atoms with Gasteiger partial charge in [-0.2, -0.15) is 0 Å². The lowest BCUT2D eigenvalue weighted by atomic mass is 9.88. The van der Waals surface area contributed by atoms with Gasteiger partial charge in [0, 0.05) is 35.3 Å². The molecule has 4 heterocycles. The molecule has 3 aromatic heterocycles. The van der Waals surface area contributed by atoms with Crippen LogP contribution in [0.2, 0.25) is 0 Å². The second-order valence-electron chi connectivity index (χ2n) is 8.33. The fourth-order valence-corrected chi connectivity index (χ4v) is 4.08. The summed E-state index contributed by atoms with van der Waals surface area (Å²) in [6.07, 6.45) is 4.80. The largest absolute Gasteiger partial charge is 0.507 e. The lowest BCUT2D eigenvalue weighted by Crippen LogP contribution is -2.52. The number of hydrogen-bond acceptors (Lipinski definition) is 6. The van der Waals surface area contributed by atoms with Gasteiger partial charge in [0.05, 0.1) is 29.8 Å². The quantitative estimate of drug-likeness (QED) is 0.542. The Morgan fingerprint density at radius 1 is 1.17 bits per heavy atom. The summed E-state index contributed by atoms with van der Waals surface area (Å²) in [6, 6.07) is 8.68. The SMILES string of the molecule is CC1(C)C[C@@H](n2ccc3cc(-c4ccc(-n5ccnn5)cc4O)nnc32)[C@@H](F)CN1. The molecule has 2 N–H and O–H groups in total. The van der Waals surface area contributed by atoms with Crippen LogP contribution in [0.3, 0.4) is 0 Å². The van der Waals surface area contributed by atoms with Crippen molar-refractivity contribution < 1.29 is 9.50 Å². The molecule has 1 aliphatic rings. The van der Waals surface area contributed by atoms with Crippen LogP contribution in [0.4, 0.5) is 4.39 Å². The molecule has 0 amide bonds. The summed E-state index contributed by atoms with van der Waals surface area (Å²) >= 11 is 0. The zero-order chi connectivity index (χ0) is 20.9. The maximum absolute atomic E-state index is 14.7. The van der Waals surface area contributed by atoms with Crippen LogP contribution in [0.25, 0.3) is 28.0 Å². The maximum Gasteiger partial charge on any atom is 0.162 e. The summed E-state index contributed by atoms with van der Waals surface area (Å²) in [5.41, 5.74) is 2.30. The Labute approximate surface area is 172 Å². The molecular formula is C21H22FN7O. The summed E-state index contributed by atoms with van der Waals surface area (Å²) in [7, 11) is 0. The van der Waals surface area contributed by atoms with Crippen molar-refractivity contribution >= 4 is 11.0 Å². The number of phenolic OH excluding ortho intramolecular Hbond substituents is 1. The standard InChI is InChI=1S/C21H22FN7O/c1-21(2)11-18(16(22)12-23-21)28-7-5-13-9-17(25-26-20(13)28)15-4-3-14(10-19(15)30)29-8-6-24-27-29/h3-10,16,18,23,30H,11-12H2,1-2H3/t16-,18+/m0/s1. The molecule has 0 bridgehead atoms. The molecule has 4 aromatic rings. The first-order valence-electron chi connectivity index (χ1n) is 9.85. The van der Waals surface area contributed by atoms with Crippen molar-refractivity contribution in [3.63, 3.8) is 0 Å². The summed E-state index contributed by atoms with van der Waals surface area (Å²) in [6.45, 7) is 4.47. The lowest BCUT2D eigenvalue weighted by Gasteiger charge is -2.39. The van der Waals surface area contributed by atoms with Gasteiger partial charge in [-0.15, -0.1) is 15.3 Å².